The molecule has 104 valence electrons. The summed E-state index contributed by atoms with van der Waals surface area (Å²) in [5.74, 6) is 0.147. The highest BCUT2D eigenvalue weighted by Gasteiger charge is 2.30. The lowest BCUT2D eigenvalue weighted by molar-refractivity contribution is -0.131. The number of pyridine rings is 1. The van der Waals surface area contributed by atoms with Gasteiger partial charge in [0.05, 0.1) is 12.1 Å². The quantitative estimate of drug-likeness (QED) is 0.838. The third-order valence-corrected chi connectivity index (χ3v) is 3.58. The second kappa shape index (κ2) is 6.63. The SMILES string of the molecule is COC1CNC(C(=O)N(C)CCc2ccncc2)C1. The molecule has 2 unspecified atom stereocenters. The number of nitrogens with one attached hydrogen (secondary N) is 1. The minimum atomic E-state index is -0.104. The molecule has 1 aliphatic heterocycles. The smallest absolute Gasteiger partial charge is 0.239 e. The van der Waals surface area contributed by atoms with Gasteiger partial charge in [-0.15, -0.1) is 0 Å². The molecule has 0 aliphatic carbocycles. The predicted molar refractivity (Wildman–Crippen MR) is 72.8 cm³/mol. The summed E-state index contributed by atoms with van der Waals surface area (Å²) in [6, 6.07) is 3.85. The van der Waals surface area contributed by atoms with Crippen LogP contribution in [-0.4, -0.2) is 55.2 Å². The van der Waals surface area contributed by atoms with Gasteiger partial charge in [-0.1, -0.05) is 0 Å². The molecule has 0 aromatic carbocycles. The Morgan fingerprint density at radius 2 is 2.26 bits per heavy atom. The summed E-state index contributed by atoms with van der Waals surface area (Å²) >= 11 is 0. The van der Waals surface area contributed by atoms with Crippen molar-refractivity contribution in [2.45, 2.75) is 25.0 Å². The molecule has 1 aliphatic rings. The average molecular weight is 263 g/mol. The maximum absolute atomic E-state index is 12.2. The number of methoxy groups -OCH3 is 1. The average Bonchev–Trinajstić information content (AvgIpc) is 2.94. The molecule has 0 saturated carbocycles. The number of aromatic nitrogens is 1. The molecular formula is C14H21N3O2. The van der Waals surface area contributed by atoms with Crippen LogP contribution in [0.25, 0.3) is 0 Å². The normalized spacial score (nSPS) is 22.4. The van der Waals surface area contributed by atoms with Gasteiger partial charge in [-0.05, 0) is 30.5 Å². The molecule has 2 atom stereocenters. The Morgan fingerprint density at radius 1 is 1.53 bits per heavy atom. The highest BCUT2D eigenvalue weighted by molar-refractivity contribution is 5.82. The molecule has 19 heavy (non-hydrogen) atoms. The third kappa shape index (κ3) is 3.75. The first kappa shape index (κ1) is 14.0. The highest BCUT2D eigenvalue weighted by Crippen LogP contribution is 2.12. The lowest BCUT2D eigenvalue weighted by atomic mass is 10.1. The molecule has 1 N–H and O–H groups in total. The molecule has 2 heterocycles. The van der Waals surface area contributed by atoms with Crippen LogP contribution >= 0.6 is 0 Å². The van der Waals surface area contributed by atoms with Crippen LogP contribution in [0.4, 0.5) is 0 Å². The lowest BCUT2D eigenvalue weighted by Crippen LogP contribution is -2.42. The van der Waals surface area contributed by atoms with E-state index in [0.29, 0.717) is 0 Å². The van der Waals surface area contributed by atoms with Crippen molar-refractivity contribution in [3.63, 3.8) is 0 Å². The Kier molecular flexibility index (Phi) is 4.87. The first-order chi connectivity index (χ1) is 9.20. The molecule has 2 rings (SSSR count). The molecule has 1 aromatic heterocycles. The first-order valence-corrected chi connectivity index (χ1v) is 6.60. The second-order valence-electron chi connectivity index (χ2n) is 4.92. The van der Waals surface area contributed by atoms with Crippen molar-refractivity contribution >= 4 is 5.91 Å². The molecule has 1 fully saturated rings. The first-order valence-electron chi connectivity index (χ1n) is 6.60. The van der Waals surface area contributed by atoms with E-state index in [1.54, 1.807) is 24.4 Å². The van der Waals surface area contributed by atoms with E-state index in [1.165, 1.54) is 5.56 Å². The summed E-state index contributed by atoms with van der Waals surface area (Å²) in [5.41, 5.74) is 1.20. The van der Waals surface area contributed by atoms with Crippen molar-refractivity contribution in [2.75, 3.05) is 27.2 Å². The van der Waals surface area contributed by atoms with Crippen LogP contribution in [-0.2, 0) is 16.0 Å². The number of ether oxygens (including phenoxy) is 1. The van der Waals surface area contributed by atoms with Crippen LogP contribution in [0.1, 0.15) is 12.0 Å². The van der Waals surface area contributed by atoms with Crippen molar-refractivity contribution in [3.05, 3.63) is 30.1 Å². The standard InChI is InChI=1S/C14H21N3O2/c1-17(8-5-11-3-6-15-7-4-11)14(18)13-9-12(19-2)10-16-13/h3-4,6-7,12-13,16H,5,8-10H2,1-2H3. The maximum atomic E-state index is 12.2. The second-order valence-corrected chi connectivity index (χ2v) is 4.92. The summed E-state index contributed by atoms with van der Waals surface area (Å²) < 4.78 is 5.26. The van der Waals surface area contributed by atoms with Crippen molar-refractivity contribution in [3.8, 4) is 0 Å². The lowest BCUT2D eigenvalue weighted by Gasteiger charge is -2.21. The summed E-state index contributed by atoms with van der Waals surface area (Å²) in [7, 11) is 3.54. The fourth-order valence-corrected chi connectivity index (χ4v) is 2.29. The summed E-state index contributed by atoms with van der Waals surface area (Å²) in [6.45, 7) is 1.48. The zero-order chi connectivity index (χ0) is 13.7. The van der Waals surface area contributed by atoms with Gasteiger partial charge >= 0.3 is 0 Å². The van der Waals surface area contributed by atoms with Crippen molar-refractivity contribution in [1.82, 2.24) is 15.2 Å². The fraction of sp³-hybridized carbons (Fsp3) is 0.571. The zero-order valence-electron chi connectivity index (χ0n) is 11.5. The predicted octanol–water partition coefficient (Wildman–Crippen LogP) is 0.459. The topological polar surface area (TPSA) is 54.5 Å². The van der Waals surface area contributed by atoms with Gasteiger partial charge in [-0.2, -0.15) is 0 Å². The monoisotopic (exact) mass is 263 g/mol. The zero-order valence-corrected chi connectivity index (χ0v) is 11.5. The summed E-state index contributed by atoms with van der Waals surface area (Å²) in [5, 5.41) is 3.21. The molecule has 0 radical (unpaired) electrons. The van der Waals surface area contributed by atoms with Gasteiger partial charge in [0.25, 0.3) is 0 Å². The number of carbonyl (C=O) groups is 1. The van der Waals surface area contributed by atoms with E-state index in [1.807, 2.05) is 19.2 Å². The van der Waals surface area contributed by atoms with Crippen LogP contribution in [0.3, 0.4) is 0 Å². The number of carbonyl (C=O) groups excluding carboxylic acids is 1. The minimum absolute atomic E-state index is 0.104. The van der Waals surface area contributed by atoms with Crippen LogP contribution in [0.15, 0.2) is 24.5 Å². The van der Waals surface area contributed by atoms with E-state index in [4.69, 9.17) is 4.74 Å². The van der Waals surface area contributed by atoms with Crippen LogP contribution in [0.5, 0.6) is 0 Å². The fourth-order valence-electron chi connectivity index (χ4n) is 2.29. The van der Waals surface area contributed by atoms with Crippen LogP contribution in [0.2, 0.25) is 0 Å². The Labute approximate surface area is 114 Å². The van der Waals surface area contributed by atoms with Crippen molar-refractivity contribution in [2.24, 2.45) is 0 Å². The van der Waals surface area contributed by atoms with E-state index < -0.39 is 0 Å². The number of hydrogen-bond acceptors (Lipinski definition) is 4. The van der Waals surface area contributed by atoms with E-state index >= 15 is 0 Å². The maximum Gasteiger partial charge on any atom is 0.239 e. The van der Waals surface area contributed by atoms with Gasteiger partial charge in [0, 0.05) is 39.6 Å². The van der Waals surface area contributed by atoms with Crippen molar-refractivity contribution in [1.29, 1.82) is 0 Å². The molecule has 0 bridgehead atoms. The van der Waals surface area contributed by atoms with Crippen LogP contribution in [0, 0.1) is 0 Å². The summed E-state index contributed by atoms with van der Waals surface area (Å²) in [6.07, 6.45) is 5.32. The van der Waals surface area contributed by atoms with E-state index in [9.17, 15) is 4.79 Å². The van der Waals surface area contributed by atoms with E-state index in [2.05, 4.69) is 10.3 Å². The number of nitrogens with zero attached hydrogens (tertiary/aromatic N) is 2. The Balaban J connectivity index is 1.80. The van der Waals surface area contributed by atoms with Crippen molar-refractivity contribution < 1.29 is 9.53 Å². The third-order valence-electron chi connectivity index (χ3n) is 3.58. The highest BCUT2D eigenvalue weighted by atomic mass is 16.5. The number of amides is 1. The Morgan fingerprint density at radius 3 is 2.89 bits per heavy atom. The van der Waals surface area contributed by atoms with E-state index in [0.717, 1.165) is 25.9 Å². The number of rotatable bonds is 5. The number of hydrogen-bond donors (Lipinski definition) is 1. The van der Waals surface area contributed by atoms with Gasteiger partial charge in [-0.25, -0.2) is 0 Å². The Bertz CT molecular complexity index is 410. The largest absolute Gasteiger partial charge is 0.380 e. The molecule has 5 heteroatoms. The van der Waals surface area contributed by atoms with Crippen LogP contribution < -0.4 is 5.32 Å². The van der Waals surface area contributed by atoms with Gasteiger partial charge in [0.15, 0.2) is 0 Å². The molecule has 5 nitrogen and oxygen atoms in total. The molecule has 1 saturated heterocycles. The van der Waals surface area contributed by atoms with Gasteiger partial charge < -0.3 is 15.0 Å². The summed E-state index contributed by atoms with van der Waals surface area (Å²) in [4.78, 5) is 18.0. The molecule has 1 aromatic rings. The minimum Gasteiger partial charge on any atom is -0.380 e. The van der Waals surface area contributed by atoms with Gasteiger partial charge in [0.1, 0.15) is 0 Å². The number of likely N-dealkylation sites (N-methyl/N-ethyl adjacent to an activating group) is 1. The van der Waals surface area contributed by atoms with Gasteiger partial charge in [-0.3, -0.25) is 9.78 Å². The van der Waals surface area contributed by atoms with Gasteiger partial charge in [0.2, 0.25) is 5.91 Å². The van der Waals surface area contributed by atoms with E-state index in [-0.39, 0.29) is 18.1 Å². The molecule has 0 spiro atoms. The molecule has 1 amide bonds. The molecular weight excluding hydrogens is 242 g/mol. The Hall–Kier alpha value is -1.46.